The van der Waals surface area contributed by atoms with Crippen molar-refractivity contribution in [1.29, 1.82) is 0 Å². The van der Waals surface area contributed by atoms with E-state index in [9.17, 15) is 9.59 Å². The molecule has 0 fully saturated rings. The maximum atomic E-state index is 14.0. The van der Waals surface area contributed by atoms with Gasteiger partial charge < -0.3 is 19.7 Å². The summed E-state index contributed by atoms with van der Waals surface area (Å²) in [4.78, 5) is 29.3. The molecular formula is C29H31N5O4. The Kier molecular flexibility index (Phi) is 7.53. The van der Waals surface area contributed by atoms with Gasteiger partial charge in [0.2, 0.25) is 18.6 Å². The van der Waals surface area contributed by atoms with Crippen molar-refractivity contribution in [1.82, 2.24) is 25.2 Å². The fourth-order valence-electron chi connectivity index (χ4n) is 4.50. The van der Waals surface area contributed by atoms with Gasteiger partial charge in [-0.15, -0.1) is 5.10 Å². The molecule has 0 saturated heterocycles. The van der Waals surface area contributed by atoms with Gasteiger partial charge in [0, 0.05) is 13.1 Å². The van der Waals surface area contributed by atoms with Crippen LogP contribution in [-0.2, 0) is 22.7 Å². The number of nitrogens with one attached hydrogen (secondary N) is 1. The number of carbonyl (C=O) groups is 2. The molecule has 5 rings (SSSR count). The summed E-state index contributed by atoms with van der Waals surface area (Å²) in [5.41, 5.74) is 3.00. The van der Waals surface area contributed by atoms with E-state index in [0.717, 1.165) is 23.1 Å². The van der Waals surface area contributed by atoms with Crippen molar-refractivity contribution in [3.8, 4) is 11.5 Å². The van der Waals surface area contributed by atoms with Gasteiger partial charge in [-0.05, 0) is 47.7 Å². The molecule has 1 atom stereocenters. The lowest BCUT2D eigenvalue weighted by atomic mass is 10.0. The van der Waals surface area contributed by atoms with Gasteiger partial charge >= 0.3 is 0 Å². The lowest BCUT2D eigenvalue weighted by molar-refractivity contribution is -0.142. The van der Waals surface area contributed by atoms with E-state index in [-0.39, 0.29) is 31.7 Å². The Morgan fingerprint density at radius 2 is 1.76 bits per heavy atom. The number of nitrogens with zero attached hydrogens (tertiary/aromatic N) is 4. The Morgan fingerprint density at radius 3 is 2.58 bits per heavy atom. The molecule has 196 valence electrons. The van der Waals surface area contributed by atoms with E-state index in [4.69, 9.17) is 9.47 Å². The second kappa shape index (κ2) is 11.3. The molecule has 1 aliphatic heterocycles. The molecule has 2 heterocycles. The summed E-state index contributed by atoms with van der Waals surface area (Å²) in [7, 11) is 0. The highest BCUT2D eigenvalue weighted by molar-refractivity contribution is 5.89. The van der Waals surface area contributed by atoms with Crippen molar-refractivity contribution in [3.05, 3.63) is 83.9 Å². The van der Waals surface area contributed by atoms with Gasteiger partial charge in [0.1, 0.15) is 18.1 Å². The van der Waals surface area contributed by atoms with Gasteiger partial charge in [-0.2, -0.15) is 0 Å². The number of hydrogen-bond acceptors (Lipinski definition) is 6. The molecule has 3 aromatic carbocycles. The molecule has 38 heavy (non-hydrogen) atoms. The van der Waals surface area contributed by atoms with Crippen molar-refractivity contribution >= 4 is 22.8 Å². The summed E-state index contributed by atoms with van der Waals surface area (Å²) in [5, 5.41) is 11.4. The average Bonchev–Trinajstić information content (AvgIpc) is 3.55. The van der Waals surface area contributed by atoms with E-state index < -0.39 is 6.04 Å². The number of ether oxygens (including phenoxy) is 2. The quantitative estimate of drug-likeness (QED) is 0.343. The summed E-state index contributed by atoms with van der Waals surface area (Å²) in [5.74, 6) is 1.24. The van der Waals surface area contributed by atoms with Crippen LogP contribution in [0.3, 0.4) is 0 Å². The monoisotopic (exact) mass is 513 g/mol. The molecule has 0 aliphatic carbocycles. The first-order valence-corrected chi connectivity index (χ1v) is 12.8. The maximum absolute atomic E-state index is 14.0. The lowest BCUT2D eigenvalue weighted by Gasteiger charge is -2.32. The molecule has 0 bridgehead atoms. The van der Waals surface area contributed by atoms with Crippen molar-refractivity contribution in [2.24, 2.45) is 5.92 Å². The standard InChI is InChI=1S/C29H31N5O4/c1-20(2)14-15-30-29(36)28(22-8-4-3-5-9-22)33(17-21-12-13-25-26(16-21)38-19-37-25)27(35)18-34-24-11-7-6-10-23(24)31-32-34/h3-13,16,20,28H,14-15,17-19H2,1-2H3,(H,30,36). The van der Waals surface area contributed by atoms with Crippen LogP contribution in [0, 0.1) is 5.92 Å². The Hall–Kier alpha value is -4.40. The summed E-state index contributed by atoms with van der Waals surface area (Å²) in [6.45, 7) is 5.04. The normalized spacial score (nSPS) is 13.0. The molecule has 1 aromatic heterocycles. The highest BCUT2D eigenvalue weighted by atomic mass is 16.7. The summed E-state index contributed by atoms with van der Waals surface area (Å²) >= 11 is 0. The number of fused-ring (bicyclic) bond motifs is 2. The zero-order valence-electron chi connectivity index (χ0n) is 21.5. The second-order valence-electron chi connectivity index (χ2n) is 9.73. The topological polar surface area (TPSA) is 98.6 Å². The van der Waals surface area contributed by atoms with E-state index in [1.807, 2.05) is 72.8 Å². The molecule has 2 amide bonds. The van der Waals surface area contributed by atoms with Crippen LogP contribution in [0.1, 0.15) is 37.4 Å². The molecular weight excluding hydrogens is 482 g/mol. The first kappa shape index (κ1) is 25.3. The first-order chi connectivity index (χ1) is 18.5. The predicted molar refractivity (Wildman–Crippen MR) is 142 cm³/mol. The van der Waals surface area contributed by atoms with Crippen molar-refractivity contribution < 1.29 is 19.1 Å². The van der Waals surface area contributed by atoms with Gasteiger partial charge in [-0.3, -0.25) is 9.59 Å². The number of aromatic nitrogens is 3. The van der Waals surface area contributed by atoms with Gasteiger partial charge in [0.05, 0.1) is 5.52 Å². The summed E-state index contributed by atoms with van der Waals surface area (Å²) in [6, 6.07) is 21.6. The molecule has 0 radical (unpaired) electrons. The summed E-state index contributed by atoms with van der Waals surface area (Å²) < 4.78 is 12.6. The molecule has 1 N–H and O–H groups in total. The summed E-state index contributed by atoms with van der Waals surface area (Å²) in [6.07, 6.45) is 0.842. The molecule has 9 heteroatoms. The van der Waals surface area contributed by atoms with E-state index in [1.165, 1.54) is 0 Å². The average molecular weight is 514 g/mol. The number of benzene rings is 3. The van der Waals surface area contributed by atoms with Crippen molar-refractivity contribution in [2.45, 2.75) is 39.4 Å². The fourth-order valence-corrected chi connectivity index (χ4v) is 4.50. The van der Waals surface area contributed by atoms with Crippen LogP contribution in [0.2, 0.25) is 0 Å². The number of rotatable bonds is 10. The number of carbonyl (C=O) groups excluding carboxylic acids is 2. The number of hydrogen-bond donors (Lipinski definition) is 1. The van der Waals surface area contributed by atoms with Crippen LogP contribution in [0.4, 0.5) is 0 Å². The van der Waals surface area contributed by atoms with E-state index in [1.54, 1.807) is 9.58 Å². The molecule has 4 aromatic rings. The zero-order valence-corrected chi connectivity index (χ0v) is 21.5. The molecule has 9 nitrogen and oxygen atoms in total. The Bertz CT molecular complexity index is 1420. The Morgan fingerprint density at radius 1 is 1.00 bits per heavy atom. The van der Waals surface area contributed by atoms with Crippen LogP contribution in [0.15, 0.2) is 72.8 Å². The highest BCUT2D eigenvalue weighted by Gasteiger charge is 2.32. The van der Waals surface area contributed by atoms with Gasteiger partial charge in [-0.1, -0.05) is 67.6 Å². The number of amides is 2. The minimum absolute atomic E-state index is 0.0618. The van der Waals surface area contributed by atoms with E-state index >= 15 is 0 Å². The third-order valence-corrected chi connectivity index (χ3v) is 6.51. The minimum Gasteiger partial charge on any atom is -0.454 e. The van der Waals surface area contributed by atoms with E-state index in [2.05, 4.69) is 29.5 Å². The molecule has 1 aliphatic rings. The maximum Gasteiger partial charge on any atom is 0.247 e. The first-order valence-electron chi connectivity index (χ1n) is 12.8. The third-order valence-electron chi connectivity index (χ3n) is 6.51. The Balaban J connectivity index is 1.50. The Labute approximate surface area is 221 Å². The lowest BCUT2D eigenvalue weighted by Crippen LogP contribution is -2.45. The minimum atomic E-state index is -0.837. The molecule has 0 spiro atoms. The van der Waals surface area contributed by atoms with Crippen molar-refractivity contribution in [2.75, 3.05) is 13.3 Å². The van der Waals surface area contributed by atoms with Gasteiger partial charge in [-0.25, -0.2) is 4.68 Å². The van der Waals surface area contributed by atoms with Crippen molar-refractivity contribution in [3.63, 3.8) is 0 Å². The number of para-hydroxylation sites is 1. The van der Waals surface area contributed by atoms with E-state index in [0.29, 0.717) is 29.5 Å². The van der Waals surface area contributed by atoms with Crippen LogP contribution < -0.4 is 14.8 Å². The fraction of sp³-hybridized carbons (Fsp3) is 0.310. The predicted octanol–water partition coefficient (Wildman–Crippen LogP) is 4.09. The largest absolute Gasteiger partial charge is 0.454 e. The molecule has 0 saturated carbocycles. The van der Waals surface area contributed by atoms with Crippen LogP contribution in [0.5, 0.6) is 11.5 Å². The smallest absolute Gasteiger partial charge is 0.247 e. The van der Waals surface area contributed by atoms with Gasteiger partial charge in [0.15, 0.2) is 11.5 Å². The van der Waals surface area contributed by atoms with Crippen LogP contribution in [0.25, 0.3) is 11.0 Å². The molecule has 1 unspecified atom stereocenters. The SMILES string of the molecule is CC(C)CCNC(=O)C(c1ccccc1)N(Cc1ccc2c(c1)OCO2)C(=O)Cn1nnc2ccccc21. The van der Waals surface area contributed by atoms with Crippen LogP contribution in [-0.4, -0.2) is 45.0 Å². The second-order valence-corrected chi connectivity index (χ2v) is 9.73. The highest BCUT2D eigenvalue weighted by Crippen LogP contribution is 2.34. The third kappa shape index (κ3) is 5.61. The zero-order chi connectivity index (χ0) is 26.5. The van der Waals surface area contributed by atoms with Crippen LogP contribution >= 0.6 is 0 Å². The van der Waals surface area contributed by atoms with Gasteiger partial charge in [0.25, 0.3) is 0 Å².